The van der Waals surface area contributed by atoms with Crippen LogP contribution in [-0.4, -0.2) is 137 Å². The van der Waals surface area contributed by atoms with Gasteiger partial charge in [0.1, 0.15) is 30.3 Å². The molecule has 2 aromatic rings. The van der Waals surface area contributed by atoms with Crippen molar-refractivity contribution in [3.05, 3.63) is 87.9 Å². The molecule has 2 aromatic carbocycles. The van der Waals surface area contributed by atoms with E-state index in [2.05, 4.69) is 46.9 Å². The SMILES string of the molecule is [2H]CC1OC(N2C=C(C)C(NCCCOCCOCCOCCCNC(=O)OCCN(C)C(=O)c3ccccc3-c3c4cc(C)/c(=N/CC)cc-4oc4cc(C)c(C)cc34)NC2=O)CC1O. The molecule has 1 fully saturated rings. The number of fused-ring (bicyclic) bond motifs is 2. The van der Waals surface area contributed by atoms with E-state index >= 15 is 0 Å². The van der Waals surface area contributed by atoms with E-state index < -0.39 is 24.5 Å². The van der Waals surface area contributed by atoms with Gasteiger partial charge < -0.3 is 48.7 Å². The minimum atomic E-state index is -0.757. The first kappa shape index (κ1) is 47.6. The van der Waals surface area contributed by atoms with E-state index in [1.54, 1.807) is 18.1 Å². The van der Waals surface area contributed by atoms with Gasteiger partial charge >= 0.3 is 12.1 Å². The average molecular weight is 900 g/mol. The maximum absolute atomic E-state index is 14.0. The van der Waals surface area contributed by atoms with E-state index in [1.807, 2.05) is 57.2 Å². The highest BCUT2D eigenvalue weighted by atomic mass is 16.6. The Hall–Kier alpha value is -5.36. The van der Waals surface area contributed by atoms with Crippen LogP contribution in [0.5, 0.6) is 0 Å². The minimum Gasteiger partial charge on any atom is -0.456 e. The molecule has 1 aliphatic carbocycles. The average Bonchev–Trinajstić information content (AvgIpc) is 3.68. The minimum absolute atomic E-state index is 0.0261. The Morgan fingerprint density at radius 2 is 1.65 bits per heavy atom. The Labute approximate surface area is 383 Å². The predicted molar refractivity (Wildman–Crippen MR) is 247 cm³/mol. The molecule has 0 radical (unpaired) electrons. The summed E-state index contributed by atoms with van der Waals surface area (Å²) in [7, 11) is 1.70. The van der Waals surface area contributed by atoms with Gasteiger partial charge in [-0.1, -0.05) is 18.2 Å². The van der Waals surface area contributed by atoms with Gasteiger partial charge in [-0.15, -0.1) is 0 Å². The molecule has 0 spiro atoms. The fourth-order valence-corrected chi connectivity index (χ4v) is 7.75. The number of nitrogens with one attached hydrogen (secondary N) is 3. The molecule has 4 amide bonds. The van der Waals surface area contributed by atoms with Crippen molar-refractivity contribution in [3.63, 3.8) is 0 Å². The number of ether oxygens (including phenoxy) is 5. The quantitative estimate of drug-likeness (QED) is 0.0534. The summed E-state index contributed by atoms with van der Waals surface area (Å²) in [5.74, 6) is 0.503. The first-order chi connectivity index (χ1) is 31.9. The third-order valence-electron chi connectivity index (χ3n) is 11.5. The second-order valence-corrected chi connectivity index (χ2v) is 16.4. The zero-order chi connectivity index (χ0) is 47.2. The van der Waals surface area contributed by atoms with Gasteiger partial charge in [-0.3, -0.25) is 20.0 Å². The predicted octanol–water partition coefficient (Wildman–Crippen LogP) is 6.02. The van der Waals surface area contributed by atoms with Crippen LogP contribution in [0.2, 0.25) is 0 Å². The summed E-state index contributed by atoms with van der Waals surface area (Å²) >= 11 is 0. The fourth-order valence-electron chi connectivity index (χ4n) is 7.75. The summed E-state index contributed by atoms with van der Waals surface area (Å²) in [5, 5.41) is 20.8. The summed E-state index contributed by atoms with van der Waals surface area (Å²) in [6.07, 6.45) is 0.529. The third-order valence-corrected chi connectivity index (χ3v) is 11.5. The molecule has 3 heterocycles. The third kappa shape index (κ3) is 12.9. The van der Waals surface area contributed by atoms with Crippen LogP contribution in [0.3, 0.4) is 0 Å². The van der Waals surface area contributed by atoms with Crippen LogP contribution in [0, 0.1) is 20.8 Å². The molecule has 16 nitrogen and oxygen atoms in total. The number of hydrogen-bond donors (Lipinski definition) is 4. The lowest BCUT2D eigenvalue weighted by Gasteiger charge is -2.34. The number of amides is 4. The molecular weight excluding hydrogens is 833 g/mol. The van der Waals surface area contributed by atoms with Gasteiger partial charge in [0, 0.05) is 75.5 Å². The van der Waals surface area contributed by atoms with Crippen LogP contribution in [0.15, 0.2) is 69.7 Å². The Morgan fingerprint density at radius 3 is 2.37 bits per heavy atom. The van der Waals surface area contributed by atoms with Gasteiger partial charge in [-0.2, -0.15) is 0 Å². The lowest BCUT2D eigenvalue weighted by atomic mass is 9.88. The zero-order valence-corrected chi connectivity index (χ0v) is 38.6. The number of urea groups is 1. The van der Waals surface area contributed by atoms with Crippen molar-refractivity contribution >= 4 is 29.0 Å². The van der Waals surface area contributed by atoms with E-state index in [0.717, 1.165) is 61.7 Å². The second kappa shape index (κ2) is 23.7. The molecule has 4 N–H and O–H groups in total. The summed E-state index contributed by atoms with van der Waals surface area (Å²) in [5.41, 5.74) is 8.03. The van der Waals surface area contributed by atoms with Crippen LogP contribution >= 0.6 is 0 Å². The zero-order valence-electron chi connectivity index (χ0n) is 39.6. The normalized spacial score (nSPS) is 19.1. The molecule has 0 aromatic heterocycles. The molecule has 352 valence electrons. The number of carbonyl (C=O) groups excluding carboxylic acids is 3. The van der Waals surface area contributed by atoms with Gasteiger partial charge in [-0.25, -0.2) is 9.59 Å². The fraction of sp³-hybridized carbons (Fsp3) is 0.510. The van der Waals surface area contributed by atoms with Crippen molar-refractivity contribution in [2.45, 2.75) is 85.4 Å². The number of hydrogen-bond acceptors (Lipinski definition) is 12. The summed E-state index contributed by atoms with van der Waals surface area (Å²) in [4.78, 5) is 46.8. The van der Waals surface area contributed by atoms with Crippen molar-refractivity contribution in [2.75, 3.05) is 79.5 Å². The second-order valence-electron chi connectivity index (χ2n) is 16.4. The summed E-state index contributed by atoms with van der Waals surface area (Å²) in [6, 6.07) is 15.5. The Kier molecular flexibility index (Phi) is 17.4. The van der Waals surface area contributed by atoms with Crippen LogP contribution in [0.25, 0.3) is 33.4 Å². The summed E-state index contributed by atoms with van der Waals surface area (Å²) < 4.78 is 41.9. The van der Waals surface area contributed by atoms with Crippen LogP contribution in [-0.2, 0) is 23.7 Å². The standard InChI is InChI=1S/C49H66N6O10/c1-8-50-40-28-43-39(26-33(40)4)45(38-25-31(2)32(3)27-42(38)65-43)36-13-9-10-14-37(36)47(57)54(7)17-20-63-49(59)52-16-12-19-61-22-24-62-23-21-60-18-11-15-51-46-34(5)30-55(48(58)53-46)44-29-41(56)35(6)64-44/h9-10,13-14,25-28,30,35,41,44,46,51,56H,8,11-12,15-24,29H2,1-7H3,(H,52,59)(H,53,58)/b50-40+/i6D. The van der Waals surface area contributed by atoms with E-state index in [9.17, 15) is 19.5 Å². The van der Waals surface area contributed by atoms with Crippen LogP contribution < -0.4 is 21.3 Å². The first-order valence-corrected chi connectivity index (χ1v) is 22.5. The van der Waals surface area contributed by atoms with Crippen molar-refractivity contribution in [3.8, 4) is 22.5 Å². The number of aliphatic hydroxyl groups is 1. The number of benzene rings is 3. The van der Waals surface area contributed by atoms with Gasteiger partial charge in [0.05, 0.1) is 50.5 Å². The van der Waals surface area contributed by atoms with Crippen molar-refractivity contribution in [1.82, 2.24) is 25.8 Å². The molecule has 4 unspecified atom stereocenters. The number of aryl methyl sites for hydroxylation is 3. The van der Waals surface area contributed by atoms with E-state index in [-0.39, 0.29) is 44.6 Å². The first-order valence-electron chi connectivity index (χ1n) is 23.2. The molecule has 6 rings (SSSR count). The lowest BCUT2D eigenvalue weighted by molar-refractivity contribution is -0.0242. The molecule has 0 saturated carbocycles. The Morgan fingerprint density at radius 1 is 0.938 bits per heavy atom. The monoisotopic (exact) mass is 899 g/mol. The van der Waals surface area contributed by atoms with E-state index in [4.69, 9.17) is 29.5 Å². The van der Waals surface area contributed by atoms with Gasteiger partial charge in [0.25, 0.3) is 5.91 Å². The number of likely N-dealkylation sites (N-methyl/N-ethyl adjacent to an activating group) is 1. The molecule has 16 heteroatoms. The number of rotatable bonds is 22. The number of carbonyl (C=O) groups is 3. The number of aliphatic hydroxyl groups excluding tert-OH is 1. The molecule has 65 heavy (non-hydrogen) atoms. The van der Waals surface area contributed by atoms with Gasteiger partial charge in [0.15, 0.2) is 0 Å². The van der Waals surface area contributed by atoms with Crippen LogP contribution in [0.1, 0.15) is 68.4 Å². The highest BCUT2D eigenvalue weighted by Crippen LogP contribution is 2.42. The molecule has 1 saturated heterocycles. The smallest absolute Gasteiger partial charge is 0.407 e. The maximum atomic E-state index is 14.0. The maximum Gasteiger partial charge on any atom is 0.407 e. The Bertz CT molecular complexity index is 2360. The molecule has 0 bridgehead atoms. The topological polar surface area (TPSA) is 186 Å². The highest BCUT2D eigenvalue weighted by molar-refractivity contribution is 6.09. The highest BCUT2D eigenvalue weighted by Gasteiger charge is 2.38. The lowest BCUT2D eigenvalue weighted by Crippen LogP contribution is -2.56. The van der Waals surface area contributed by atoms with E-state index in [0.29, 0.717) is 77.0 Å². The van der Waals surface area contributed by atoms with Crippen LogP contribution in [0.4, 0.5) is 9.59 Å². The largest absolute Gasteiger partial charge is 0.456 e. The number of alkyl carbamates (subject to hydrolysis) is 1. The van der Waals surface area contributed by atoms with Gasteiger partial charge in [-0.05, 0) is 113 Å². The van der Waals surface area contributed by atoms with Gasteiger partial charge in [0.2, 0.25) is 0 Å². The van der Waals surface area contributed by atoms with Crippen molar-refractivity contribution in [1.29, 1.82) is 0 Å². The molecular formula is C49H66N6O10. The molecule has 3 aliphatic heterocycles. The molecule has 4 atom stereocenters. The van der Waals surface area contributed by atoms with E-state index in [1.165, 1.54) is 4.90 Å². The Balaban J connectivity index is 0.828. The summed E-state index contributed by atoms with van der Waals surface area (Å²) in [6.45, 7) is 14.6. The van der Waals surface area contributed by atoms with Crippen molar-refractivity contribution < 1.29 is 49.0 Å². The number of nitrogens with zero attached hydrogens (tertiary/aromatic N) is 3. The molecule has 4 aliphatic rings. The van der Waals surface area contributed by atoms with Crippen molar-refractivity contribution in [2.24, 2.45) is 4.99 Å².